The van der Waals surface area contributed by atoms with Crippen LogP contribution in [0.25, 0.3) is 0 Å². The Bertz CT molecular complexity index is 223. The highest BCUT2D eigenvalue weighted by atomic mass is 28.4. The first-order valence-electron chi connectivity index (χ1n) is 7.22. The van der Waals surface area contributed by atoms with Crippen LogP contribution >= 0.6 is 0 Å². The monoisotopic (exact) mass is 310 g/mol. The molecule has 0 radical (unpaired) electrons. The van der Waals surface area contributed by atoms with Gasteiger partial charge in [-0.15, -0.1) is 0 Å². The molecule has 0 rings (SSSR count). The van der Waals surface area contributed by atoms with Gasteiger partial charge in [0.25, 0.3) is 0 Å². The standard InChI is InChI=1S/C13H32NO5Si/c1-14(8-5-11-15,9-6-12-16)10-7-13-20(17-2,18-3)19-4/h15-16H,5-13H2,1-4H3/q+1. The minimum absolute atomic E-state index is 0.208. The Morgan fingerprint density at radius 3 is 1.55 bits per heavy atom. The highest BCUT2D eigenvalue weighted by Gasteiger charge is 2.38. The molecule has 2 N–H and O–H groups in total. The second kappa shape index (κ2) is 10.7. The second-order valence-electron chi connectivity index (χ2n) is 5.34. The molecule has 7 heteroatoms. The second-order valence-corrected chi connectivity index (χ2v) is 8.43. The molecule has 0 spiro atoms. The summed E-state index contributed by atoms with van der Waals surface area (Å²) < 4.78 is 17.1. The first-order valence-corrected chi connectivity index (χ1v) is 9.15. The van der Waals surface area contributed by atoms with Crippen molar-refractivity contribution in [2.75, 3.05) is 61.2 Å². The minimum Gasteiger partial charge on any atom is -0.396 e. The number of nitrogens with zero attached hydrogens (tertiary/aromatic N) is 1. The van der Waals surface area contributed by atoms with E-state index in [1.54, 1.807) is 21.3 Å². The van der Waals surface area contributed by atoms with Gasteiger partial charge in [0.05, 0.1) is 26.7 Å². The fourth-order valence-electron chi connectivity index (χ4n) is 2.47. The molecule has 122 valence electrons. The Kier molecular flexibility index (Phi) is 10.7. The molecule has 0 fully saturated rings. The number of hydrogen-bond donors (Lipinski definition) is 2. The zero-order valence-electron chi connectivity index (χ0n) is 13.4. The first kappa shape index (κ1) is 20.0. The lowest BCUT2D eigenvalue weighted by atomic mass is 10.2. The van der Waals surface area contributed by atoms with Crippen molar-refractivity contribution in [1.82, 2.24) is 0 Å². The van der Waals surface area contributed by atoms with Crippen LogP contribution in [0.4, 0.5) is 0 Å². The summed E-state index contributed by atoms with van der Waals surface area (Å²) in [7, 11) is 4.57. The van der Waals surface area contributed by atoms with Crippen molar-refractivity contribution in [3.05, 3.63) is 0 Å². The molecule has 0 saturated carbocycles. The highest BCUT2D eigenvalue weighted by molar-refractivity contribution is 6.60. The molecule has 0 aromatic carbocycles. The SMILES string of the molecule is CO[Si](CCC[N+](C)(CCCO)CCCO)(OC)OC. The Hall–Kier alpha value is -0.0231. The van der Waals surface area contributed by atoms with Gasteiger partial charge >= 0.3 is 8.80 Å². The summed E-state index contributed by atoms with van der Waals surface area (Å²) in [6, 6.07) is 0.780. The molecule has 0 aliphatic carbocycles. The average Bonchev–Trinajstić information content (AvgIpc) is 2.48. The molecule has 0 aliphatic rings. The summed E-state index contributed by atoms with van der Waals surface area (Å²) in [5.41, 5.74) is 0. The maximum Gasteiger partial charge on any atom is 0.500 e. The van der Waals surface area contributed by atoms with E-state index in [-0.39, 0.29) is 13.2 Å². The van der Waals surface area contributed by atoms with E-state index in [4.69, 9.17) is 23.5 Å². The van der Waals surface area contributed by atoms with Crippen LogP contribution in [0.3, 0.4) is 0 Å². The molecule has 0 unspecified atom stereocenters. The first-order chi connectivity index (χ1) is 9.51. The van der Waals surface area contributed by atoms with Crippen molar-refractivity contribution in [1.29, 1.82) is 0 Å². The lowest BCUT2D eigenvalue weighted by Gasteiger charge is -2.35. The van der Waals surface area contributed by atoms with Crippen molar-refractivity contribution < 1.29 is 28.0 Å². The van der Waals surface area contributed by atoms with E-state index in [9.17, 15) is 0 Å². The van der Waals surface area contributed by atoms with Gasteiger partial charge in [0.15, 0.2) is 0 Å². The third-order valence-corrected chi connectivity index (χ3v) is 6.66. The van der Waals surface area contributed by atoms with Gasteiger partial charge in [-0.3, -0.25) is 0 Å². The lowest BCUT2D eigenvalue weighted by molar-refractivity contribution is -0.910. The zero-order valence-corrected chi connectivity index (χ0v) is 14.4. The Morgan fingerprint density at radius 2 is 1.20 bits per heavy atom. The average molecular weight is 310 g/mol. The predicted octanol–water partition coefficient (Wildman–Crippen LogP) is 0.466. The van der Waals surface area contributed by atoms with E-state index >= 15 is 0 Å². The molecule has 0 heterocycles. The van der Waals surface area contributed by atoms with Gasteiger partial charge in [-0.1, -0.05) is 0 Å². The van der Waals surface area contributed by atoms with E-state index in [0.717, 1.165) is 49.4 Å². The molecule has 0 aromatic rings. The minimum atomic E-state index is -2.49. The number of aliphatic hydroxyl groups is 2. The lowest BCUT2D eigenvalue weighted by Crippen LogP contribution is -2.48. The predicted molar refractivity (Wildman–Crippen MR) is 80.4 cm³/mol. The van der Waals surface area contributed by atoms with Crippen LogP contribution in [0, 0.1) is 0 Å². The number of rotatable bonds is 13. The zero-order chi connectivity index (χ0) is 15.5. The normalized spacial score (nSPS) is 12.9. The Labute approximate surface area is 124 Å². The van der Waals surface area contributed by atoms with E-state index in [2.05, 4.69) is 7.05 Å². The third kappa shape index (κ3) is 7.12. The maximum absolute atomic E-state index is 9.01. The quantitative estimate of drug-likeness (QED) is 0.382. The molecule has 20 heavy (non-hydrogen) atoms. The van der Waals surface area contributed by atoms with Crippen LogP contribution in [-0.2, 0) is 13.3 Å². The molecule has 0 bridgehead atoms. The summed E-state index contributed by atoms with van der Waals surface area (Å²) in [5, 5.41) is 18.0. The molecule has 0 atom stereocenters. The van der Waals surface area contributed by atoms with Crippen LogP contribution in [0.1, 0.15) is 19.3 Å². The summed E-state index contributed by atoms with van der Waals surface area (Å²) in [6.45, 7) is 3.21. The molecule has 0 aliphatic heterocycles. The summed E-state index contributed by atoms with van der Waals surface area (Å²) >= 11 is 0. The van der Waals surface area contributed by atoms with Crippen molar-refractivity contribution in [2.45, 2.75) is 25.3 Å². The van der Waals surface area contributed by atoms with Gasteiger partial charge < -0.3 is 28.0 Å². The summed E-state index contributed by atoms with van der Waals surface area (Å²) in [6.07, 6.45) is 2.50. The van der Waals surface area contributed by atoms with Crippen molar-refractivity contribution in [3.8, 4) is 0 Å². The fraction of sp³-hybridized carbons (Fsp3) is 1.00. The molecule has 6 nitrogen and oxygen atoms in total. The van der Waals surface area contributed by atoms with Crippen LogP contribution in [0.15, 0.2) is 0 Å². The Morgan fingerprint density at radius 1 is 0.800 bits per heavy atom. The van der Waals surface area contributed by atoms with Crippen molar-refractivity contribution >= 4 is 8.80 Å². The third-order valence-electron chi connectivity index (χ3n) is 3.83. The summed E-state index contributed by atoms with van der Waals surface area (Å²) in [5.74, 6) is 0. The number of aliphatic hydroxyl groups excluding tert-OH is 2. The van der Waals surface area contributed by atoms with Crippen LogP contribution in [-0.4, -0.2) is 84.7 Å². The fourth-order valence-corrected chi connectivity index (χ4v) is 4.18. The van der Waals surface area contributed by atoms with Gasteiger partial charge in [0.2, 0.25) is 0 Å². The number of hydrogen-bond acceptors (Lipinski definition) is 5. The smallest absolute Gasteiger partial charge is 0.396 e. The molecule has 0 aromatic heterocycles. The van der Waals surface area contributed by atoms with E-state index in [1.165, 1.54) is 0 Å². The van der Waals surface area contributed by atoms with Gasteiger partial charge in [0, 0.05) is 59.8 Å². The van der Waals surface area contributed by atoms with E-state index < -0.39 is 8.80 Å². The largest absolute Gasteiger partial charge is 0.500 e. The number of quaternary nitrogens is 1. The van der Waals surface area contributed by atoms with Crippen LogP contribution in [0.5, 0.6) is 0 Å². The van der Waals surface area contributed by atoms with Crippen LogP contribution < -0.4 is 0 Å². The van der Waals surface area contributed by atoms with Gasteiger partial charge in [-0.05, 0) is 0 Å². The van der Waals surface area contributed by atoms with Gasteiger partial charge in [0.1, 0.15) is 0 Å². The molecule has 0 saturated heterocycles. The highest BCUT2D eigenvalue weighted by Crippen LogP contribution is 2.17. The van der Waals surface area contributed by atoms with Gasteiger partial charge in [-0.25, -0.2) is 0 Å². The maximum atomic E-state index is 9.01. The van der Waals surface area contributed by atoms with E-state index in [0.29, 0.717) is 0 Å². The topological polar surface area (TPSA) is 68.2 Å². The van der Waals surface area contributed by atoms with Crippen molar-refractivity contribution in [3.63, 3.8) is 0 Å². The van der Waals surface area contributed by atoms with E-state index in [1.807, 2.05) is 0 Å². The van der Waals surface area contributed by atoms with Crippen LogP contribution in [0.2, 0.25) is 6.04 Å². The van der Waals surface area contributed by atoms with Gasteiger partial charge in [-0.2, -0.15) is 0 Å². The molecular formula is C13H32NO5Si+. The molecule has 0 amide bonds. The summed E-state index contributed by atoms with van der Waals surface area (Å²) in [4.78, 5) is 0. The van der Waals surface area contributed by atoms with Crippen molar-refractivity contribution in [2.24, 2.45) is 0 Å². The molecular weight excluding hydrogens is 278 g/mol. The Balaban J connectivity index is 4.36.